The van der Waals surface area contributed by atoms with E-state index >= 15 is 0 Å². The molecule has 3 atom stereocenters. The Bertz CT molecular complexity index is 577. The van der Waals surface area contributed by atoms with Gasteiger partial charge in [0, 0.05) is 51.5 Å². The van der Waals surface area contributed by atoms with Crippen LogP contribution in [0.25, 0.3) is 0 Å². The average molecular weight is 359 g/mol. The van der Waals surface area contributed by atoms with Gasteiger partial charge in [0.25, 0.3) is 0 Å². The maximum atomic E-state index is 12.2. The van der Waals surface area contributed by atoms with Gasteiger partial charge in [-0.1, -0.05) is 6.07 Å². The number of hydrogen-bond donors (Lipinski definition) is 1. The number of fused-ring (bicyclic) bond motifs is 1. The third kappa shape index (κ3) is 4.61. The van der Waals surface area contributed by atoms with Crippen LogP contribution in [0.2, 0.25) is 0 Å². The molecule has 3 aliphatic rings. The minimum Gasteiger partial charge on any atom is -0.381 e. The van der Waals surface area contributed by atoms with Crippen LogP contribution in [0.1, 0.15) is 31.4 Å². The van der Waals surface area contributed by atoms with Gasteiger partial charge in [-0.3, -0.25) is 14.7 Å². The third-order valence-corrected chi connectivity index (χ3v) is 5.84. The molecule has 0 aliphatic carbocycles. The molecule has 142 valence electrons. The van der Waals surface area contributed by atoms with Gasteiger partial charge in [-0.15, -0.1) is 0 Å². The second kappa shape index (κ2) is 8.46. The lowest BCUT2D eigenvalue weighted by Gasteiger charge is -2.22. The zero-order chi connectivity index (χ0) is 17.8. The van der Waals surface area contributed by atoms with Gasteiger partial charge in [0.2, 0.25) is 5.91 Å². The molecule has 1 aromatic rings. The second-order valence-electron chi connectivity index (χ2n) is 7.87. The van der Waals surface area contributed by atoms with Gasteiger partial charge in [0.05, 0.1) is 24.3 Å². The number of amides is 1. The van der Waals surface area contributed by atoms with Crippen LogP contribution in [0, 0.1) is 11.8 Å². The fraction of sp³-hybridized carbons (Fsp3) is 0.700. The van der Waals surface area contributed by atoms with Crippen molar-refractivity contribution in [3.05, 3.63) is 30.1 Å². The fourth-order valence-electron chi connectivity index (χ4n) is 4.42. The summed E-state index contributed by atoms with van der Waals surface area (Å²) in [6.45, 7) is 5.30. The van der Waals surface area contributed by atoms with Gasteiger partial charge in [-0.25, -0.2) is 0 Å². The molecule has 26 heavy (non-hydrogen) atoms. The van der Waals surface area contributed by atoms with E-state index in [4.69, 9.17) is 9.47 Å². The van der Waals surface area contributed by atoms with Crippen LogP contribution in [0.15, 0.2) is 24.4 Å². The number of aromatic nitrogens is 1. The molecule has 0 saturated carbocycles. The molecule has 3 aliphatic heterocycles. The maximum Gasteiger partial charge on any atom is 0.222 e. The number of nitrogens with one attached hydrogen (secondary N) is 1. The topological polar surface area (TPSA) is 63.7 Å². The molecule has 0 radical (unpaired) electrons. The molecule has 6 heteroatoms. The first kappa shape index (κ1) is 17.9. The molecule has 4 heterocycles. The van der Waals surface area contributed by atoms with Crippen LogP contribution >= 0.6 is 0 Å². The number of hydrogen-bond acceptors (Lipinski definition) is 5. The van der Waals surface area contributed by atoms with E-state index in [0.717, 1.165) is 64.3 Å². The Balaban J connectivity index is 1.17. The Kier molecular flexibility index (Phi) is 5.82. The van der Waals surface area contributed by atoms with E-state index in [2.05, 4.69) is 21.3 Å². The Hall–Kier alpha value is -1.50. The first-order chi connectivity index (χ1) is 12.8. The van der Waals surface area contributed by atoms with Gasteiger partial charge in [-0.2, -0.15) is 0 Å². The van der Waals surface area contributed by atoms with Crippen LogP contribution in [-0.4, -0.2) is 60.8 Å². The second-order valence-corrected chi connectivity index (χ2v) is 7.87. The van der Waals surface area contributed by atoms with Crippen molar-refractivity contribution in [2.75, 3.05) is 32.8 Å². The average Bonchev–Trinajstić information content (AvgIpc) is 3.19. The van der Waals surface area contributed by atoms with E-state index < -0.39 is 0 Å². The Morgan fingerprint density at radius 3 is 2.92 bits per heavy atom. The monoisotopic (exact) mass is 359 g/mol. The number of nitrogens with zero attached hydrogens (tertiary/aromatic N) is 2. The molecule has 3 saturated heterocycles. The normalized spacial score (nSPS) is 29.6. The van der Waals surface area contributed by atoms with Gasteiger partial charge in [0.15, 0.2) is 0 Å². The molecule has 1 aromatic heterocycles. The molecule has 0 unspecified atom stereocenters. The van der Waals surface area contributed by atoms with Crippen molar-refractivity contribution in [1.82, 2.24) is 15.2 Å². The van der Waals surface area contributed by atoms with E-state index in [1.54, 1.807) is 0 Å². The summed E-state index contributed by atoms with van der Waals surface area (Å²) < 4.78 is 11.5. The summed E-state index contributed by atoms with van der Waals surface area (Å²) >= 11 is 0. The first-order valence-electron chi connectivity index (χ1n) is 9.88. The van der Waals surface area contributed by atoms with E-state index in [0.29, 0.717) is 18.3 Å². The lowest BCUT2D eigenvalue weighted by molar-refractivity contribution is -0.124. The summed E-state index contributed by atoms with van der Waals surface area (Å²) in [4.78, 5) is 19.0. The van der Waals surface area contributed by atoms with Crippen molar-refractivity contribution < 1.29 is 14.3 Å². The van der Waals surface area contributed by atoms with E-state index in [1.807, 2.05) is 18.3 Å². The highest BCUT2D eigenvalue weighted by atomic mass is 16.5. The molecule has 0 spiro atoms. The molecule has 1 N–H and O–H groups in total. The van der Waals surface area contributed by atoms with Gasteiger partial charge < -0.3 is 14.8 Å². The minimum absolute atomic E-state index is 0.0803. The minimum atomic E-state index is 0.0803. The zero-order valence-corrected chi connectivity index (χ0v) is 15.3. The highest BCUT2D eigenvalue weighted by Crippen LogP contribution is 2.34. The standard InChI is InChI=1S/C20H29N3O3/c24-20(22-11-15-4-7-25-8-5-15)10-18-9-16-12-23(14-19(16)26-18)13-17-3-1-2-6-21-17/h1-3,6,15-16,18-19H,4-5,7-14H2,(H,22,24)/t16-,18+,19+/m0/s1. The number of pyridine rings is 1. The van der Waals surface area contributed by atoms with Crippen molar-refractivity contribution in [3.8, 4) is 0 Å². The highest BCUT2D eigenvalue weighted by molar-refractivity contribution is 5.76. The summed E-state index contributed by atoms with van der Waals surface area (Å²) in [6, 6.07) is 6.05. The molecule has 3 fully saturated rings. The molecule has 4 rings (SSSR count). The summed E-state index contributed by atoms with van der Waals surface area (Å²) in [5.74, 6) is 1.25. The van der Waals surface area contributed by atoms with Gasteiger partial charge in [-0.05, 0) is 37.3 Å². The lowest BCUT2D eigenvalue weighted by Crippen LogP contribution is -2.34. The molecular weight excluding hydrogens is 330 g/mol. The number of likely N-dealkylation sites (tertiary alicyclic amines) is 1. The van der Waals surface area contributed by atoms with Crippen molar-refractivity contribution in [2.45, 2.75) is 44.4 Å². The summed E-state index contributed by atoms with van der Waals surface area (Å²) in [5, 5.41) is 3.09. The van der Waals surface area contributed by atoms with Crippen molar-refractivity contribution in [3.63, 3.8) is 0 Å². The van der Waals surface area contributed by atoms with Crippen LogP contribution in [0.5, 0.6) is 0 Å². The number of carbonyl (C=O) groups excluding carboxylic acids is 1. The number of carbonyl (C=O) groups is 1. The van der Waals surface area contributed by atoms with Gasteiger partial charge in [0.1, 0.15) is 0 Å². The van der Waals surface area contributed by atoms with E-state index in [1.165, 1.54) is 0 Å². The Morgan fingerprint density at radius 1 is 1.27 bits per heavy atom. The summed E-state index contributed by atoms with van der Waals surface area (Å²) in [7, 11) is 0. The Morgan fingerprint density at radius 2 is 2.15 bits per heavy atom. The smallest absolute Gasteiger partial charge is 0.222 e. The van der Waals surface area contributed by atoms with Gasteiger partial charge >= 0.3 is 0 Å². The lowest BCUT2D eigenvalue weighted by atomic mass is 9.99. The number of rotatable bonds is 6. The van der Waals surface area contributed by atoms with E-state index in [-0.39, 0.29) is 18.1 Å². The van der Waals surface area contributed by atoms with Crippen LogP contribution in [0.4, 0.5) is 0 Å². The zero-order valence-electron chi connectivity index (χ0n) is 15.3. The molecule has 0 aromatic carbocycles. The van der Waals surface area contributed by atoms with Crippen LogP contribution in [0.3, 0.4) is 0 Å². The largest absolute Gasteiger partial charge is 0.381 e. The quantitative estimate of drug-likeness (QED) is 0.836. The first-order valence-corrected chi connectivity index (χ1v) is 9.88. The molecular formula is C20H29N3O3. The summed E-state index contributed by atoms with van der Waals surface area (Å²) in [5.41, 5.74) is 1.11. The van der Waals surface area contributed by atoms with Crippen molar-refractivity contribution in [1.29, 1.82) is 0 Å². The molecule has 0 bridgehead atoms. The SMILES string of the molecule is O=C(C[C@H]1C[C@H]2CN(Cc3ccccn3)C[C@H]2O1)NCC1CCOCC1. The van der Waals surface area contributed by atoms with Crippen molar-refractivity contribution >= 4 is 5.91 Å². The summed E-state index contributed by atoms with van der Waals surface area (Å²) in [6.07, 6.45) is 5.79. The van der Waals surface area contributed by atoms with Crippen LogP contribution in [-0.2, 0) is 20.8 Å². The fourth-order valence-corrected chi connectivity index (χ4v) is 4.42. The molecule has 1 amide bonds. The molecule has 6 nitrogen and oxygen atoms in total. The van der Waals surface area contributed by atoms with E-state index in [9.17, 15) is 4.79 Å². The maximum absolute atomic E-state index is 12.2. The Labute approximate surface area is 155 Å². The predicted octanol–water partition coefficient (Wildman–Crippen LogP) is 1.60. The third-order valence-electron chi connectivity index (χ3n) is 5.84. The van der Waals surface area contributed by atoms with Crippen molar-refractivity contribution in [2.24, 2.45) is 11.8 Å². The van der Waals surface area contributed by atoms with Crippen LogP contribution < -0.4 is 5.32 Å². The number of ether oxygens (including phenoxy) is 2. The predicted molar refractivity (Wildman–Crippen MR) is 97.5 cm³/mol. The highest BCUT2D eigenvalue weighted by Gasteiger charge is 2.42.